The van der Waals surface area contributed by atoms with Gasteiger partial charge in [-0.25, -0.2) is 14.3 Å². The molecule has 0 fully saturated rings. The summed E-state index contributed by atoms with van der Waals surface area (Å²) in [4.78, 5) is 17.4. The number of alkyl halides is 3. The molecule has 0 atom stereocenters. The minimum atomic E-state index is -4.41. The van der Waals surface area contributed by atoms with Gasteiger partial charge < -0.3 is 4.74 Å². The predicted molar refractivity (Wildman–Crippen MR) is 84.9 cm³/mol. The van der Waals surface area contributed by atoms with E-state index in [-0.39, 0.29) is 11.3 Å². The van der Waals surface area contributed by atoms with Gasteiger partial charge in [0.25, 0.3) is 0 Å². The molecule has 2 aromatic rings. The SMILES string of the molecule is CC(C)(C)OC(=O)N(CCC(F)(F)F)c1cc(Br)nn2ccnc12. The highest BCUT2D eigenvalue weighted by Crippen LogP contribution is 2.28. The summed E-state index contributed by atoms with van der Waals surface area (Å²) < 4.78 is 44.9. The van der Waals surface area contributed by atoms with Crippen molar-refractivity contribution in [2.45, 2.75) is 39.0 Å². The van der Waals surface area contributed by atoms with Crippen molar-refractivity contribution in [2.75, 3.05) is 11.4 Å². The van der Waals surface area contributed by atoms with Crippen molar-refractivity contribution >= 4 is 33.4 Å². The molecule has 0 spiro atoms. The van der Waals surface area contributed by atoms with E-state index in [1.54, 1.807) is 20.8 Å². The summed E-state index contributed by atoms with van der Waals surface area (Å²) in [5.41, 5.74) is -0.407. The third-order valence-electron chi connectivity index (χ3n) is 2.83. The highest BCUT2D eigenvalue weighted by Gasteiger charge is 2.32. The lowest BCUT2D eigenvalue weighted by atomic mass is 10.2. The molecule has 2 heterocycles. The van der Waals surface area contributed by atoms with Crippen LogP contribution in [0.5, 0.6) is 0 Å². The van der Waals surface area contributed by atoms with Crippen LogP contribution < -0.4 is 4.90 Å². The van der Waals surface area contributed by atoms with Gasteiger partial charge in [0.1, 0.15) is 10.2 Å². The monoisotopic (exact) mass is 408 g/mol. The molecule has 0 saturated carbocycles. The first kappa shape index (κ1) is 18.5. The molecule has 0 unspecified atom stereocenters. The summed E-state index contributed by atoms with van der Waals surface area (Å²) in [6.07, 6.45) is -3.49. The Morgan fingerprint density at radius 1 is 1.38 bits per heavy atom. The summed E-state index contributed by atoms with van der Waals surface area (Å²) in [6.45, 7) is 4.33. The van der Waals surface area contributed by atoms with Crippen molar-refractivity contribution in [2.24, 2.45) is 0 Å². The van der Waals surface area contributed by atoms with Gasteiger partial charge in [-0.15, -0.1) is 0 Å². The van der Waals surface area contributed by atoms with Gasteiger partial charge >= 0.3 is 12.3 Å². The van der Waals surface area contributed by atoms with Crippen LogP contribution in [0, 0.1) is 0 Å². The smallest absolute Gasteiger partial charge is 0.414 e. The van der Waals surface area contributed by atoms with E-state index in [4.69, 9.17) is 4.74 Å². The van der Waals surface area contributed by atoms with E-state index in [1.807, 2.05) is 0 Å². The maximum atomic E-state index is 12.6. The highest BCUT2D eigenvalue weighted by molar-refractivity contribution is 9.10. The zero-order valence-corrected chi connectivity index (χ0v) is 14.8. The van der Waals surface area contributed by atoms with Crippen LogP contribution in [0.1, 0.15) is 27.2 Å². The fourth-order valence-corrected chi connectivity index (χ4v) is 2.32. The molecule has 0 aliphatic carbocycles. The molecule has 0 aliphatic rings. The maximum absolute atomic E-state index is 12.6. The van der Waals surface area contributed by atoms with Gasteiger partial charge in [0.2, 0.25) is 0 Å². The molecule has 0 N–H and O–H groups in total. The Morgan fingerprint density at radius 2 is 2.04 bits per heavy atom. The molecular weight excluding hydrogens is 393 g/mol. The minimum absolute atomic E-state index is 0.181. The number of imidazole rings is 1. The zero-order valence-electron chi connectivity index (χ0n) is 13.3. The molecule has 6 nitrogen and oxygen atoms in total. The number of halogens is 4. The zero-order chi connectivity index (χ0) is 18.1. The summed E-state index contributed by atoms with van der Waals surface area (Å²) in [6, 6.07) is 1.43. The molecule has 0 aromatic carbocycles. The van der Waals surface area contributed by atoms with E-state index in [9.17, 15) is 18.0 Å². The molecule has 0 saturated heterocycles. The second-order valence-corrected chi connectivity index (χ2v) is 6.86. The van der Waals surface area contributed by atoms with Crippen molar-refractivity contribution in [3.8, 4) is 0 Å². The summed E-state index contributed by atoms with van der Waals surface area (Å²) in [7, 11) is 0. The van der Waals surface area contributed by atoms with Crippen molar-refractivity contribution in [1.82, 2.24) is 14.6 Å². The summed E-state index contributed by atoms with van der Waals surface area (Å²) >= 11 is 3.18. The maximum Gasteiger partial charge on any atom is 0.414 e. The number of hydrogen-bond donors (Lipinski definition) is 0. The Balaban J connectivity index is 2.43. The number of carbonyl (C=O) groups is 1. The number of aromatic nitrogens is 3. The molecule has 132 valence electrons. The Kier molecular flexibility index (Phi) is 5.07. The van der Waals surface area contributed by atoms with Crippen LogP contribution in [0.4, 0.5) is 23.7 Å². The average Bonchev–Trinajstić information content (AvgIpc) is 2.83. The molecule has 0 radical (unpaired) electrons. The van der Waals surface area contributed by atoms with Gasteiger partial charge in [-0.2, -0.15) is 18.3 Å². The van der Waals surface area contributed by atoms with Gasteiger partial charge in [-0.1, -0.05) is 0 Å². The number of carbonyl (C=O) groups excluding carboxylic acids is 1. The second-order valence-electron chi connectivity index (χ2n) is 6.04. The lowest BCUT2D eigenvalue weighted by molar-refractivity contribution is -0.132. The molecule has 2 aromatic heterocycles. The van der Waals surface area contributed by atoms with E-state index in [0.717, 1.165) is 4.90 Å². The van der Waals surface area contributed by atoms with Crippen LogP contribution in [0.25, 0.3) is 5.65 Å². The van der Waals surface area contributed by atoms with Crippen molar-refractivity contribution in [3.05, 3.63) is 23.1 Å². The van der Waals surface area contributed by atoms with Gasteiger partial charge in [-0.3, -0.25) is 4.90 Å². The highest BCUT2D eigenvalue weighted by atomic mass is 79.9. The minimum Gasteiger partial charge on any atom is -0.443 e. The largest absolute Gasteiger partial charge is 0.443 e. The standard InChI is InChI=1S/C14H16BrF3N4O2/c1-13(2,3)24-12(23)21(6-4-14(16,17)18)9-8-10(15)20-22-7-5-19-11(9)22/h5,7-8H,4,6H2,1-3H3. The molecule has 0 bridgehead atoms. The second kappa shape index (κ2) is 6.58. The molecular formula is C14H16BrF3N4O2. The number of anilines is 1. The van der Waals surface area contributed by atoms with Crippen LogP contribution >= 0.6 is 15.9 Å². The number of ether oxygens (including phenoxy) is 1. The Bertz CT molecular complexity index is 740. The van der Waals surface area contributed by atoms with E-state index < -0.39 is 30.8 Å². The Morgan fingerprint density at radius 3 is 2.62 bits per heavy atom. The third kappa shape index (κ3) is 4.83. The van der Waals surface area contributed by atoms with Crippen molar-refractivity contribution in [3.63, 3.8) is 0 Å². The fourth-order valence-electron chi connectivity index (χ4n) is 1.93. The van der Waals surface area contributed by atoms with Gasteiger partial charge in [0.15, 0.2) is 5.65 Å². The average molecular weight is 409 g/mol. The first-order valence-electron chi connectivity index (χ1n) is 7.03. The van der Waals surface area contributed by atoms with Crippen LogP contribution in [-0.4, -0.2) is 39.0 Å². The lowest BCUT2D eigenvalue weighted by Crippen LogP contribution is -2.39. The van der Waals surface area contributed by atoms with E-state index in [2.05, 4.69) is 26.0 Å². The quantitative estimate of drug-likeness (QED) is 0.763. The normalized spacial score (nSPS) is 12.5. The van der Waals surface area contributed by atoms with Crippen LogP contribution in [0.2, 0.25) is 0 Å². The number of amides is 1. The molecule has 24 heavy (non-hydrogen) atoms. The van der Waals surface area contributed by atoms with Crippen LogP contribution in [0.3, 0.4) is 0 Å². The fraction of sp³-hybridized carbons (Fsp3) is 0.500. The number of nitrogens with zero attached hydrogens (tertiary/aromatic N) is 4. The van der Waals surface area contributed by atoms with Crippen LogP contribution in [-0.2, 0) is 4.74 Å². The first-order chi connectivity index (χ1) is 11.0. The van der Waals surface area contributed by atoms with E-state index >= 15 is 0 Å². The van der Waals surface area contributed by atoms with Gasteiger partial charge in [-0.05, 0) is 36.7 Å². The van der Waals surface area contributed by atoms with E-state index in [1.165, 1.54) is 23.0 Å². The van der Waals surface area contributed by atoms with Crippen LogP contribution in [0.15, 0.2) is 23.1 Å². The van der Waals surface area contributed by atoms with Crippen molar-refractivity contribution < 1.29 is 22.7 Å². The third-order valence-corrected chi connectivity index (χ3v) is 3.22. The summed E-state index contributed by atoms with van der Waals surface area (Å²) in [5.74, 6) is 0. The molecule has 0 aliphatic heterocycles. The number of hydrogen-bond acceptors (Lipinski definition) is 4. The topological polar surface area (TPSA) is 59.7 Å². The van der Waals surface area contributed by atoms with E-state index in [0.29, 0.717) is 4.60 Å². The number of rotatable bonds is 3. The lowest BCUT2D eigenvalue weighted by Gasteiger charge is -2.28. The Hall–Kier alpha value is -1.84. The first-order valence-corrected chi connectivity index (χ1v) is 7.83. The molecule has 2 rings (SSSR count). The van der Waals surface area contributed by atoms with Gasteiger partial charge in [0, 0.05) is 25.0 Å². The Labute approximate surface area is 144 Å². The number of fused-ring (bicyclic) bond motifs is 1. The summed E-state index contributed by atoms with van der Waals surface area (Å²) in [5, 5.41) is 4.09. The van der Waals surface area contributed by atoms with Gasteiger partial charge in [0.05, 0.1) is 12.1 Å². The predicted octanol–water partition coefficient (Wildman–Crippen LogP) is 4.19. The van der Waals surface area contributed by atoms with Crippen molar-refractivity contribution in [1.29, 1.82) is 0 Å². The molecule has 10 heteroatoms. The molecule has 1 amide bonds.